The lowest BCUT2D eigenvalue weighted by molar-refractivity contribution is 0.0522. The Morgan fingerprint density at radius 3 is 2.44 bits per heavy atom. The summed E-state index contributed by atoms with van der Waals surface area (Å²) in [5, 5.41) is 15.5. The van der Waals surface area contributed by atoms with Gasteiger partial charge < -0.3 is 24.1 Å². The summed E-state index contributed by atoms with van der Waals surface area (Å²) < 4.78 is 23.7. The molecular formula is C26H34N2O6. The van der Waals surface area contributed by atoms with Gasteiger partial charge in [-0.15, -0.1) is 0 Å². The molecule has 34 heavy (non-hydrogen) atoms. The van der Waals surface area contributed by atoms with Crippen LogP contribution in [0.3, 0.4) is 0 Å². The summed E-state index contributed by atoms with van der Waals surface area (Å²) in [5.41, 5.74) is 0.631. The van der Waals surface area contributed by atoms with Crippen LogP contribution in [0, 0.1) is 6.92 Å². The van der Waals surface area contributed by atoms with Crippen LogP contribution in [0.15, 0.2) is 42.5 Å². The molecule has 0 aliphatic carbocycles. The zero-order chi connectivity index (χ0) is 24.7. The van der Waals surface area contributed by atoms with E-state index in [4.69, 9.17) is 18.9 Å². The van der Waals surface area contributed by atoms with Gasteiger partial charge in [-0.3, -0.25) is 0 Å². The number of aromatic nitrogens is 2. The molecule has 1 N–H and O–H groups in total. The fraction of sp³-hybridized carbons (Fsp3) is 0.462. The first-order valence-corrected chi connectivity index (χ1v) is 11.5. The molecule has 0 fully saturated rings. The average Bonchev–Trinajstić information content (AvgIpc) is 3.14. The van der Waals surface area contributed by atoms with E-state index >= 15 is 0 Å². The molecule has 0 bridgehead atoms. The van der Waals surface area contributed by atoms with Crippen molar-refractivity contribution in [2.24, 2.45) is 0 Å². The van der Waals surface area contributed by atoms with Crippen LogP contribution in [-0.2, 0) is 4.74 Å². The van der Waals surface area contributed by atoms with Crippen molar-refractivity contribution in [1.82, 2.24) is 9.78 Å². The molecule has 2 aromatic carbocycles. The van der Waals surface area contributed by atoms with Gasteiger partial charge in [0.1, 0.15) is 18.0 Å². The summed E-state index contributed by atoms with van der Waals surface area (Å²) >= 11 is 0. The molecule has 0 spiro atoms. The maximum atomic E-state index is 12.5. The number of hydrogen-bond donors (Lipinski definition) is 1. The second-order valence-electron chi connectivity index (χ2n) is 9.09. The highest BCUT2D eigenvalue weighted by Gasteiger charge is 2.22. The number of aliphatic hydroxyl groups is 1. The Morgan fingerprint density at radius 2 is 1.74 bits per heavy atom. The van der Waals surface area contributed by atoms with E-state index < -0.39 is 17.8 Å². The lowest BCUT2D eigenvalue weighted by Crippen LogP contribution is -2.27. The smallest absolute Gasteiger partial charge is 0.435 e. The molecule has 0 aliphatic heterocycles. The average molecular weight is 471 g/mol. The second-order valence-corrected chi connectivity index (χ2v) is 9.09. The quantitative estimate of drug-likeness (QED) is 0.411. The maximum absolute atomic E-state index is 12.5. The molecule has 3 rings (SSSR count). The summed E-state index contributed by atoms with van der Waals surface area (Å²) in [6, 6.07) is 12.9. The third-order valence-electron chi connectivity index (χ3n) is 5.10. The number of benzene rings is 2. The predicted octanol–water partition coefficient (Wildman–Crippen LogP) is 5.13. The molecule has 1 atom stereocenters. The van der Waals surface area contributed by atoms with Gasteiger partial charge in [0.2, 0.25) is 0 Å². The van der Waals surface area contributed by atoms with E-state index in [1.165, 1.54) is 4.68 Å². The molecule has 0 unspecified atom stereocenters. The number of methoxy groups -OCH3 is 1. The molecule has 3 aromatic rings. The van der Waals surface area contributed by atoms with E-state index in [-0.39, 0.29) is 6.61 Å². The van der Waals surface area contributed by atoms with E-state index in [1.807, 2.05) is 58.0 Å². The van der Waals surface area contributed by atoms with Crippen molar-refractivity contribution < 1.29 is 28.8 Å². The van der Waals surface area contributed by atoms with Crippen LogP contribution in [0.25, 0.3) is 10.9 Å². The van der Waals surface area contributed by atoms with E-state index in [1.54, 1.807) is 19.2 Å². The van der Waals surface area contributed by atoms with Crippen molar-refractivity contribution in [3.8, 4) is 17.2 Å². The van der Waals surface area contributed by atoms with Crippen LogP contribution in [0.1, 0.15) is 45.7 Å². The van der Waals surface area contributed by atoms with E-state index in [2.05, 4.69) is 5.10 Å². The largest absolute Gasteiger partial charge is 0.493 e. The molecule has 184 valence electrons. The molecule has 0 saturated carbocycles. The molecule has 1 heterocycles. The van der Waals surface area contributed by atoms with Crippen molar-refractivity contribution in [1.29, 1.82) is 0 Å². The minimum Gasteiger partial charge on any atom is -0.493 e. The minimum absolute atomic E-state index is 0.142. The third kappa shape index (κ3) is 6.63. The maximum Gasteiger partial charge on any atom is 0.435 e. The number of unbranched alkanes of at least 4 members (excludes halogenated alkanes) is 1. The topological polar surface area (TPSA) is 92.0 Å². The molecule has 8 nitrogen and oxygen atoms in total. The summed E-state index contributed by atoms with van der Waals surface area (Å²) in [5.74, 6) is 1.99. The van der Waals surface area contributed by atoms with E-state index in [0.29, 0.717) is 41.5 Å². The molecule has 0 radical (unpaired) electrons. The molecule has 8 heteroatoms. The number of carbonyl (C=O) groups is 1. The van der Waals surface area contributed by atoms with Gasteiger partial charge in [0.05, 0.1) is 36.4 Å². The SMILES string of the molecule is COc1ccccc1OCCCC[C@H](O)COc1cccc2c1c(C)nn2C(=O)OC(C)(C)C. The summed E-state index contributed by atoms with van der Waals surface area (Å²) in [4.78, 5) is 12.5. The fourth-order valence-electron chi connectivity index (χ4n) is 3.55. The van der Waals surface area contributed by atoms with Gasteiger partial charge in [0.15, 0.2) is 11.5 Å². The van der Waals surface area contributed by atoms with Crippen LogP contribution in [0.4, 0.5) is 4.79 Å². The van der Waals surface area contributed by atoms with Gasteiger partial charge in [-0.25, -0.2) is 4.79 Å². The lowest BCUT2D eigenvalue weighted by atomic mass is 10.1. The number of carbonyl (C=O) groups excluding carboxylic acids is 1. The summed E-state index contributed by atoms with van der Waals surface area (Å²) in [6.45, 7) is 7.92. The zero-order valence-corrected chi connectivity index (χ0v) is 20.5. The Labute approximate surface area is 200 Å². The monoisotopic (exact) mass is 470 g/mol. The first kappa shape index (κ1) is 25.4. The standard InChI is InChI=1S/C26H34N2O6/c1-18-24-20(28(27-18)25(30)34-26(2,3)4)12-10-15-23(24)33-17-19(29)11-8-9-16-32-22-14-7-6-13-21(22)31-5/h6-7,10,12-15,19,29H,8-9,11,16-17H2,1-5H3/t19-/m0/s1. The highest BCUT2D eigenvalue weighted by Crippen LogP contribution is 2.30. The molecule has 0 saturated heterocycles. The predicted molar refractivity (Wildman–Crippen MR) is 130 cm³/mol. The number of nitrogens with zero attached hydrogens (tertiary/aromatic N) is 2. The van der Waals surface area contributed by atoms with Gasteiger partial charge in [-0.2, -0.15) is 9.78 Å². The van der Waals surface area contributed by atoms with Crippen molar-refractivity contribution >= 4 is 17.0 Å². The number of rotatable bonds is 10. The zero-order valence-electron chi connectivity index (χ0n) is 20.5. The molecule has 1 aromatic heterocycles. The van der Waals surface area contributed by atoms with Crippen LogP contribution >= 0.6 is 0 Å². The number of aliphatic hydroxyl groups excluding tert-OH is 1. The highest BCUT2D eigenvalue weighted by molar-refractivity contribution is 5.93. The molecule has 0 aliphatic rings. The second kappa shape index (κ2) is 11.2. The van der Waals surface area contributed by atoms with Crippen molar-refractivity contribution in [3.05, 3.63) is 48.2 Å². The number of hydrogen-bond acceptors (Lipinski definition) is 7. The van der Waals surface area contributed by atoms with Gasteiger partial charge in [0.25, 0.3) is 0 Å². The van der Waals surface area contributed by atoms with Gasteiger partial charge in [-0.05, 0) is 71.2 Å². The van der Waals surface area contributed by atoms with E-state index in [9.17, 15) is 9.90 Å². The van der Waals surface area contributed by atoms with Gasteiger partial charge in [-0.1, -0.05) is 18.2 Å². The number of fused-ring (bicyclic) bond motifs is 1. The molecule has 0 amide bonds. The van der Waals surface area contributed by atoms with Crippen molar-refractivity contribution in [3.63, 3.8) is 0 Å². The first-order valence-electron chi connectivity index (χ1n) is 11.5. The van der Waals surface area contributed by atoms with Gasteiger partial charge >= 0.3 is 6.09 Å². The Kier molecular flexibility index (Phi) is 8.39. The Hall–Kier alpha value is -3.26. The minimum atomic E-state index is -0.625. The normalized spacial score (nSPS) is 12.4. The van der Waals surface area contributed by atoms with Crippen molar-refractivity contribution in [2.45, 2.75) is 58.7 Å². The fourth-order valence-corrected chi connectivity index (χ4v) is 3.55. The summed E-state index contributed by atoms with van der Waals surface area (Å²) in [7, 11) is 1.61. The number of ether oxygens (including phenoxy) is 4. The van der Waals surface area contributed by atoms with Crippen LogP contribution in [-0.4, -0.2) is 53.0 Å². The molecular weight excluding hydrogens is 436 g/mol. The van der Waals surface area contributed by atoms with Crippen LogP contribution in [0.5, 0.6) is 17.2 Å². The number of aryl methyl sites for hydroxylation is 1. The van der Waals surface area contributed by atoms with Gasteiger partial charge in [0, 0.05) is 0 Å². The van der Waals surface area contributed by atoms with E-state index in [0.717, 1.165) is 18.2 Å². The highest BCUT2D eigenvalue weighted by atomic mass is 16.6. The lowest BCUT2D eigenvalue weighted by Gasteiger charge is -2.19. The Balaban J connectivity index is 1.51. The Morgan fingerprint density at radius 1 is 1.03 bits per heavy atom. The Bertz CT molecular complexity index is 1100. The number of para-hydroxylation sites is 2. The third-order valence-corrected chi connectivity index (χ3v) is 5.10. The van der Waals surface area contributed by atoms with Crippen LogP contribution < -0.4 is 14.2 Å². The van der Waals surface area contributed by atoms with Crippen molar-refractivity contribution in [2.75, 3.05) is 20.3 Å². The summed E-state index contributed by atoms with van der Waals surface area (Å²) in [6.07, 6.45) is 1.01. The first-order chi connectivity index (χ1) is 16.2. The van der Waals surface area contributed by atoms with Crippen LogP contribution in [0.2, 0.25) is 0 Å².